The van der Waals surface area contributed by atoms with E-state index in [1.165, 1.54) is 0 Å². The van der Waals surface area contributed by atoms with Crippen LogP contribution in [0, 0.1) is 23.3 Å². The molecule has 1 N–H and O–H groups in total. The summed E-state index contributed by atoms with van der Waals surface area (Å²) >= 11 is 0. The fourth-order valence-corrected chi connectivity index (χ4v) is 1.66. The highest BCUT2D eigenvalue weighted by Crippen LogP contribution is 2.28. The van der Waals surface area contributed by atoms with Crippen LogP contribution in [0.1, 0.15) is 10.4 Å². The summed E-state index contributed by atoms with van der Waals surface area (Å²) < 4.78 is 53.0. The number of aromatic carboxylic acids is 1. The third kappa shape index (κ3) is 2.42. The van der Waals surface area contributed by atoms with Crippen LogP contribution in [0.15, 0.2) is 30.3 Å². The topological polar surface area (TPSA) is 37.3 Å². The first-order valence-corrected chi connectivity index (χ1v) is 5.08. The van der Waals surface area contributed by atoms with Gasteiger partial charge in [-0.1, -0.05) is 6.07 Å². The Labute approximate surface area is 104 Å². The zero-order valence-corrected chi connectivity index (χ0v) is 9.25. The minimum absolute atomic E-state index is 0.186. The lowest BCUT2D eigenvalue weighted by Gasteiger charge is -2.07. The second kappa shape index (κ2) is 4.72. The fourth-order valence-electron chi connectivity index (χ4n) is 1.66. The molecule has 0 aromatic heterocycles. The molecule has 0 heterocycles. The first kappa shape index (κ1) is 13.1. The fraction of sp³-hybridized carbons (Fsp3) is 0. The monoisotopic (exact) mass is 270 g/mol. The average Bonchev–Trinajstić information content (AvgIpc) is 2.29. The quantitative estimate of drug-likeness (QED) is 0.846. The summed E-state index contributed by atoms with van der Waals surface area (Å²) in [4.78, 5) is 10.7. The van der Waals surface area contributed by atoms with Crippen molar-refractivity contribution in [2.45, 2.75) is 0 Å². The number of halogens is 4. The second-order valence-corrected chi connectivity index (χ2v) is 3.74. The SMILES string of the molecule is O=C(O)c1cc(-c2c(F)cc(F)cc2F)ccc1F. The minimum atomic E-state index is -1.57. The van der Waals surface area contributed by atoms with Crippen LogP contribution in [0.2, 0.25) is 0 Å². The van der Waals surface area contributed by atoms with Gasteiger partial charge in [-0.15, -0.1) is 0 Å². The van der Waals surface area contributed by atoms with Crippen molar-refractivity contribution >= 4 is 5.97 Å². The Kier molecular flexibility index (Phi) is 3.25. The highest BCUT2D eigenvalue weighted by Gasteiger charge is 2.17. The van der Waals surface area contributed by atoms with Gasteiger partial charge in [-0.05, 0) is 17.7 Å². The predicted octanol–water partition coefficient (Wildman–Crippen LogP) is 3.61. The highest BCUT2D eigenvalue weighted by atomic mass is 19.1. The summed E-state index contributed by atoms with van der Waals surface area (Å²) in [5, 5.41) is 8.73. The highest BCUT2D eigenvalue weighted by molar-refractivity contribution is 5.89. The molecule has 0 bridgehead atoms. The Morgan fingerprint density at radius 2 is 1.47 bits per heavy atom. The Balaban J connectivity index is 2.66. The maximum Gasteiger partial charge on any atom is 0.338 e. The summed E-state index contributed by atoms with van der Waals surface area (Å²) in [7, 11) is 0. The molecule has 2 rings (SSSR count). The molecule has 0 saturated heterocycles. The van der Waals surface area contributed by atoms with E-state index in [1.807, 2.05) is 0 Å². The van der Waals surface area contributed by atoms with Crippen molar-refractivity contribution in [1.82, 2.24) is 0 Å². The van der Waals surface area contributed by atoms with E-state index in [1.54, 1.807) is 0 Å². The number of benzene rings is 2. The van der Waals surface area contributed by atoms with E-state index in [2.05, 4.69) is 0 Å². The van der Waals surface area contributed by atoms with Gasteiger partial charge in [0.25, 0.3) is 0 Å². The van der Waals surface area contributed by atoms with Crippen LogP contribution in [0.25, 0.3) is 11.1 Å². The molecule has 0 aliphatic rings. The Morgan fingerprint density at radius 1 is 0.895 bits per heavy atom. The van der Waals surface area contributed by atoms with Crippen LogP contribution in [-0.4, -0.2) is 11.1 Å². The van der Waals surface area contributed by atoms with Gasteiger partial charge in [-0.2, -0.15) is 0 Å². The maximum absolute atomic E-state index is 13.5. The molecule has 0 spiro atoms. The molecule has 0 radical (unpaired) electrons. The van der Waals surface area contributed by atoms with Gasteiger partial charge in [0.2, 0.25) is 0 Å². The Morgan fingerprint density at radius 3 is 2.00 bits per heavy atom. The van der Waals surface area contributed by atoms with Crippen LogP contribution in [0.3, 0.4) is 0 Å². The van der Waals surface area contributed by atoms with E-state index >= 15 is 0 Å². The molecule has 2 nitrogen and oxygen atoms in total. The van der Waals surface area contributed by atoms with E-state index in [4.69, 9.17) is 5.11 Å². The standard InChI is InChI=1S/C13H6F4O2/c14-7-4-10(16)12(11(17)5-7)6-1-2-9(15)8(3-6)13(18)19/h1-5H,(H,18,19). The van der Waals surface area contributed by atoms with Crippen LogP contribution >= 0.6 is 0 Å². The van der Waals surface area contributed by atoms with Crippen molar-refractivity contribution < 1.29 is 27.5 Å². The first-order valence-electron chi connectivity index (χ1n) is 5.08. The number of hydrogen-bond donors (Lipinski definition) is 1. The molecule has 98 valence electrons. The van der Waals surface area contributed by atoms with Gasteiger partial charge in [0.1, 0.15) is 23.3 Å². The molecule has 0 unspecified atom stereocenters. The number of hydrogen-bond acceptors (Lipinski definition) is 1. The van der Waals surface area contributed by atoms with E-state index < -0.39 is 40.4 Å². The van der Waals surface area contributed by atoms with Gasteiger partial charge < -0.3 is 5.11 Å². The van der Waals surface area contributed by atoms with Crippen molar-refractivity contribution in [3.63, 3.8) is 0 Å². The van der Waals surface area contributed by atoms with Crippen molar-refractivity contribution in [2.24, 2.45) is 0 Å². The molecule has 19 heavy (non-hydrogen) atoms. The number of rotatable bonds is 2. The lowest BCUT2D eigenvalue weighted by Crippen LogP contribution is -2.01. The molecule has 0 fully saturated rings. The zero-order valence-electron chi connectivity index (χ0n) is 9.25. The van der Waals surface area contributed by atoms with E-state index in [0.29, 0.717) is 12.1 Å². The van der Waals surface area contributed by atoms with Crippen molar-refractivity contribution in [3.8, 4) is 11.1 Å². The number of carbonyl (C=O) groups is 1. The summed E-state index contributed by atoms with van der Waals surface area (Å²) in [5.74, 6) is -6.08. The third-order valence-corrected chi connectivity index (χ3v) is 2.49. The van der Waals surface area contributed by atoms with Crippen molar-refractivity contribution in [3.05, 3.63) is 59.2 Å². The lowest BCUT2D eigenvalue weighted by molar-refractivity contribution is 0.0692. The van der Waals surface area contributed by atoms with Crippen LogP contribution in [-0.2, 0) is 0 Å². The molecule has 0 saturated carbocycles. The van der Waals surface area contributed by atoms with Crippen LogP contribution in [0.5, 0.6) is 0 Å². The van der Waals surface area contributed by atoms with E-state index in [0.717, 1.165) is 18.2 Å². The number of carboxylic acids is 1. The Bertz CT molecular complexity index is 645. The van der Waals surface area contributed by atoms with Gasteiger partial charge in [0.05, 0.1) is 11.1 Å². The molecule has 0 amide bonds. The van der Waals surface area contributed by atoms with Gasteiger partial charge >= 0.3 is 5.97 Å². The van der Waals surface area contributed by atoms with Crippen LogP contribution < -0.4 is 0 Å². The summed E-state index contributed by atoms with van der Waals surface area (Å²) in [5.41, 5.74) is -1.52. The van der Waals surface area contributed by atoms with Gasteiger partial charge in [-0.3, -0.25) is 0 Å². The zero-order chi connectivity index (χ0) is 14.2. The summed E-state index contributed by atoms with van der Waals surface area (Å²) in [6.07, 6.45) is 0. The molecule has 2 aromatic rings. The number of carboxylic acid groups (broad SMARTS) is 1. The third-order valence-electron chi connectivity index (χ3n) is 2.49. The molecular weight excluding hydrogens is 264 g/mol. The lowest BCUT2D eigenvalue weighted by atomic mass is 10.0. The normalized spacial score (nSPS) is 10.5. The predicted molar refractivity (Wildman–Crippen MR) is 58.7 cm³/mol. The van der Waals surface area contributed by atoms with Gasteiger partial charge in [0, 0.05) is 12.1 Å². The largest absolute Gasteiger partial charge is 0.478 e. The summed E-state index contributed by atoms with van der Waals surface area (Å²) in [6.45, 7) is 0. The molecule has 0 atom stereocenters. The molecule has 6 heteroatoms. The van der Waals surface area contributed by atoms with Crippen molar-refractivity contribution in [2.75, 3.05) is 0 Å². The second-order valence-electron chi connectivity index (χ2n) is 3.74. The minimum Gasteiger partial charge on any atom is -0.478 e. The molecule has 2 aromatic carbocycles. The summed E-state index contributed by atoms with van der Waals surface area (Å²) in [6, 6.07) is 3.50. The maximum atomic E-state index is 13.5. The van der Waals surface area contributed by atoms with Gasteiger partial charge in [0.15, 0.2) is 0 Å². The van der Waals surface area contributed by atoms with Crippen LogP contribution in [0.4, 0.5) is 17.6 Å². The molecular formula is C13H6F4O2. The van der Waals surface area contributed by atoms with Crippen molar-refractivity contribution in [1.29, 1.82) is 0 Å². The average molecular weight is 270 g/mol. The van der Waals surface area contributed by atoms with E-state index in [-0.39, 0.29) is 5.56 Å². The first-order chi connectivity index (χ1) is 8.90. The smallest absolute Gasteiger partial charge is 0.338 e. The molecule has 0 aliphatic heterocycles. The molecule has 0 aliphatic carbocycles. The van der Waals surface area contributed by atoms with Gasteiger partial charge in [-0.25, -0.2) is 22.4 Å². The Hall–Kier alpha value is -2.37. The van der Waals surface area contributed by atoms with E-state index in [9.17, 15) is 22.4 Å².